The number of amides is 3. The Morgan fingerprint density at radius 3 is 2.10 bits per heavy atom. The number of imide groups is 1. The summed E-state index contributed by atoms with van der Waals surface area (Å²) in [5.74, 6) is -2.44. The summed E-state index contributed by atoms with van der Waals surface area (Å²) in [4.78, 5) is 36.6. The van der Waals surface area contributed by atoms with Crippen LogP contribution in [0.1, 0.15) is 0 Å². The van der Waals surface area contributed by atoms with Gasteiger partial charge in [0.05, 0.1) is 11.4 Å². The van der Waals surface area contributed by atoms with Crippen molar-refractivity contribution in [2.45, 2.75) is 6.23 Å². The van der Waals surface area contributed by atoms with Crippen molar-refractivity contribution in [3.8, 4) is 0 Å². The van der Waals surface area contributed by atoms with Crippen LogP contribution in [-0.2, 0) is 14.4 Å². The van der Waals surface area contributed by atoms with Gasteiger partial charge in [-0.2, -0.15) is 0 Å². The molecule has 0 spiro atoms. The highest BCUT2D eigenvalue weighted by Crippen LogP contribution is 2.29. The maximum atomic E-state index is 13.7. The first-order valence-corrected chi connectivity index (χ1v) is 6.03. The first-order valence-electron chi connectivity index (χ1n) is 6.03. The second-order valence-corrected chi connectivity index (χ2v) is 4.49. The second kappa shape index (κ2) is 4.64. The molecule has 2 aliphatic rings. The van der Waals surface area contributed by atoms with Crippen LogP contribution in [0.5, 0.6) is 0 Å². The third-order valence-corrected chi connectivity index (χ3v) is 3.13. The van der Waals surface area contributed by atoms with Crippen molar-refractivity contribution < 1.29 is 23.9 Å². The molecule has 1 N–H and O–H groups in total. The highest BCUT2D eigenvalue weighted by molar-refractivity contribution is 6.28. The number of nitrogens with zero attached hydrogens (tertiary/aromatic N) is 2. The Morgan fingerprint density at radius 2 is 1.52 bits per heavy atom. The van der Waals surface area contributed by atoms with Gasteiger partial charge in [0.25, 0.3) is 17.7 Å². The topological polar surface area (TPSA) is 77.9 Å². The lowest BCUT2D eigenvalue weighted by molar-refractivity contribution is -0.120. The minimum absolute atomic E-state index is 0.00287. The molecule has 106 valence electrons. The van der Waals surface area contributed by atoms with E-state index in [1.807, 2.05) is 0 Å². The predicted octanol–water partition coefficient (Wildman–Crippen LogP) is 0.476. The Bertz CT molecular complexity index is 708. The van der Waals surface area contributed by atoms with Crippen molar-refractivity contribution in [2.75, 3.05) is 9.80 Å². The van der Waals surface area contributed by atoms with E-state index in [0.29, 0.717) is 0 Å². The summed E-state index contributed by atoms with van der Waals surface area (Å²) in [6, 6.07) is 3.34. The summed E-state index contributed by atoms with van der Waals surface area (Å²) >= 11 is 0. The molecule has 1 atom stereocenters. The first kappa shape index (κ1) is 13.2. The van der Waals surface area contributed by atoms with E-state index >= 15 is 0 Å². The van der Waals surface area contributed by atoms with E-state index in [2.05, 4.69) is 0 Å². The number of hydrogen-bond acceptors (Lipinski definition) is 4. The Kier molecular flexibility index (Phi) is 2.91. The molecule has 1 aromatic rings. The van der Waals surface area contributed by atoms with Gasteiger partial charge in [-0.1, -0.05) is 0 Å². The fourth-order valence-electron chi connectivity index (χ4n) is 2.23. The molecule has 0 aromatic heterocycles. The number of carbonyl (C=O) groups excluding carboxylic acids is 3. The average Bonchev–Trinajstić information content (AvgIpc) is 2.92. The lowest BCUT2D eigenvalue weighted by Gasteiger charge is -2.22. The summed E-state index contributed by atoms with van der Waals surface area (Å²) in [7, 11) is 0. The molecule has 3 amide bonds. The SMILES string of the molecule is O=C1C=CC(=O)N1c1cc(F)cc(N2C(=O)C=CC2O)c1. The molecule has 0 saturated heterocycles. The molecule has 0 aliphatic carbocycles. The van der Waals surface area contributed by atoms with Crippen molar-refractivity contribution in [3.05, 3.63) is 48.3 Å². The van der Waals surface area contributed by atoms with Crippen LogP contribution in [0.15, 0.2) is 42.5 Å². The average molecular weight is 288 g/mol. The molecule has 0 saturated carbocycles. The van der Waals surface area contributed by atoms with E-state index in [0.717, 1.165) is 40.2 Å². The Balaban J connectivity index is 2.03. The minimum atomic E-state index is -1.21. The van der Waals surface area contributed by atoms with E-state index in [1.54, 1.807) is 0 Å². The lowest BCUT2D eigenvalue weighted by atomic mass is 10.2. The van der Waals surface area contributed by atoms with Crippen LogP contribution >= 0.6 is 0 Å². The molecule has 6 nitrogen and oxygen atoms in total. The van der Waals surface area contributed by atoms with Gasteiger partial charge in [0.1, 0.15) is 5.82 Å². The van der Waals surface area contributed by atoms with Gasteiger partial charge in [-0.3, -0.25) is 19.3 Å². The molecule has 7 heteroatoms. The number of benzene rings is 1. The molecule has 2 aliphatic heterocycles. The molecule has 0 bridgehead atoms. The first-order chi connectivity index (χ1) is 9.97. The van der Waals surface area contributed by atoms with Gasteiger partial charge in [0.15, 0.2) is 6.23 Å². The van der Waals surface area contributed by atoms with Gasteiger partial charge in [-0.25, -0.2) is 9.29 Å². The molecule has 1 unspecified atom stereocenters. The molecular weight excluding hydrogens is 279 g/mol. The van der Waals surface area contributed by atoms with Crippen LogP contribution < -0.4 is 9.80 Å². The summed E-state index contributed by atoms with van der Waals surface area (Å²) < 4.78 is 13.7. The zero-order valence-electron chi connectivity index (χ0n) is 10.6. The van der Waals surface area contributed by atoms with Crippen LogP contribution in [0.4, 0.5) is 15.8 Å². The monoisotopic (exact) mass is 288 g/mol. The minimum Gasteiger partial charge on any atom is -0.369 e. The molecule has 21 heavy (non-hydrogen) atoms. The van der Waals surface area contributed by atoms with Crippen molar-refractivity contribution >= 4 is 29.1 Å². The lowest BCUT2D eigenvalue weighted by Crippen LogP contribution is -2.34. The molecular formula is C14H9FN2O4. The Morgan fingerprint density at radius 1 is 0.905 bits per heavy atom. The molecule has 2 heterocycles. The Labute approximate surface area is 118 Å². The molecule has 0 fully saturated rings. The van der Waals surface area contributed by atoms with Gasteiger partial charge in [-0.05, 0) is 24.3 Å². The molecule has 3 rings (SSSR count). The van der Waals surface area contributed by atoms with E-state index in [1.165, 1.54) is 12.1 Å². The van der Waals surface area contributed by atoms with E-state index in [9.17, 15) is 23.9 Å². The van der Waals surface area contributed by atoms with Gasteiger partial charge in [-0.15, -0.1) is 0 Å². The third kappa shape index (κ3) is 2.13. The number of rotatable bonds is 2. The molecule has 1 aromatic carbocycles. The number of aliphatic hydroxyl groups excluding tert-OH is 1. The van der Waals surface area contributed by atoms with Crippen molar-refractivity contribution in [3.63, 3.8) is 0 Å². The van der Waals surface area contributed by atoms with E-state index in [-0.39, 0.29) is 11.4 Å². The van der Waals surface area contributed by atoms with Crippen molar-refractivity contribution in [1.82, 2.24) is 0 Å². The Hall–Kier alpha value is -2.80. The summed E-state index contributed by atoms with van der Waals surface area (Å²) in [5.41, 5.74) is 0.0527. The number of carbonyl (C=O) groups is 3. The zero-order valence-corrected chi connectivity index (χ0v) is 10.6. The standard InChI is InChI=1S/C14H9FN2O4/c15-8-5-9(16-11(18)1-2-12(16)19)7-10(6-8)17-13(20)3-4-14(17)21/h1-7,11,18H. The second-order valence-electron chi connectivity index (χ2n) is 4.49. The van der Waals surface area contributed by atoms with Crippen molar-refractivity contribution in [1.29, 1.82) is 0 Å². The number of anilines is 2. The summed E-state index contributed by atoms with van der Waals surface area (Å²) in [6.07, 6.45) is 3.34. The summed E-state index contributed by atoms with van der Waals surface area (Å²) in [5, 5.41) is 9.70. The fourth-order valence-corrected chi connectivity index (χ4v) is 2.23. The number of hydrogen-bond donors (Lipinski definition) is 1. The van der Waals surface area contributed by atoms with Crippen LogP contribution in [0.3, 0.4) is 0 Å². The maximum absolute atomic E-state index is 13.7. The zero-order chi connectivity index (χ0) is 15.1. The molecule has 0 radical (unpaired) electrons. The maximum Gasteiger partial charge on any atom is 0.258 e. The number of aliphatic hydroxyl groups is 1. The third-order valence-electron chi connectivity index (χ3n) is 3.13. The van der Waals surface area contributed by atoms with Crippen LogP contribution in [0.2, 0.25) is 0 Å². The summed E-state index contributed by atoms with van der Waals surface area (Å²) in [6.45, 7) is 0. The highest BCUT2D eigenvalue weighted by Gasteiger charge is 2.29. The van der Waals surface area contributed by atoms with Gasteiger partial charge in [0.2, 0.25) is 0 Å². The van der Waals surface area contributed by atoms with Gasteiger partial charge < -0.3 is 5.11 Å². The largest absolute Gasteiger partial charge is 0.369 e. The normalized spacial score (nSPS) is 21.0. The smallest absolute Gasteiger partial charge is 0.258 e. The number of halogens is 1. The van der Waals surface area contributed by atoms with Crippen LogP contribution in [-0.4, -0.2) is 29.1 Å². The van der Waals surface area contributed by atoms with Gasteiger partial charge >= 0.3 is 0 Å². The highest BCUT2D eigenvalue weighted by atomic mass is 19.1. The van der Waals surface area contributed by atoms with E-state index < -0.39 is 29.8 Å². The van der Waals surface area contributed by atoms with Crippen LogP contribution in [0.25, 0.3) is 0 Å². The van der Waals surface area contributed by atoms with Crippen molar-refractivity contribution in [2.24, 2.45) is 0 Å². The fraction of sp³-hybridized carbons (Fsp3) is 0.0714. The van der Waals surface area contributed by atoms with Crippen LogP contribution in [0, 0.1) is 5.82 Å². The predicted molar refractivity (Wildman–Crippen MR) is 70.7 cm³/mol. The van der Waals surface area contributed by atoms with Gasteiger partial charge in [0, 0.05) is 18.2 Å². The van der Waals surface area contributed by atoms with E-state index in [4.69, 9.17) is 0 Å². The quantitative estimate of drug-likeness (QED) is 0.803.